The molecule has 6 heteroatoms. The van der Waals surface area contributed by atoms with E-state index in [9.17, 15) is 0 Å². The lowest BCUT2D eigenvalue weighted by Crippen LogP contribution is -2.34. The zero-order valence-electron chi connectivity index (χ0n) is 18.2. The maximum absolute atomic E-state index is 5.87. The van der Waals surface area contributed by atoms with Crippen LogP contribution in [0, 0.1) is 12.3 Å². The maximum atomic E-state index is 5.87. The van der Waals surface area contributed by atoms with Crippen molar-refractivity contribution in [3.8, 4) is 5.75 Å². The van der Waals surface area contributed by atoms with E-state index in [2.05, 4.69) is 74.2 Å². The van der Waals surface area contributed by atoms with Gasteiger partial charge in [0, 0.05) is 29.3 Å². The fourth-order valence-corrected chi connectivity index (χ4v) is 5.07. The molecule has 31 heavy (non-hydrogen) atoms. The summed E-state index contributed by atoms with van der Waals surface area (Å²) in [6.07, 6.45) is 8.02. The lowest BCUT2D eigenvalue weighted by atomic mass is 9.93. The fraction of sp³-hybridized carbons (Fsp3) is 0.440. The smallest absolute Gasteiger partial charge is 0.143 e. The minimum Gasteiger partial charge on any atom is -0.494 e. The largest absolute Gasteiger partial charge is 0.494 e. The minimum absolute atomic E-state index is 0.645. The Balaban J connectivity index is 1.51. The Bertz CT molecular complexity index is 1100. The molecule has 1 aromatic heterocycles. The summed E-state index contributed by atoms with van der Waals surface area (Å²) in [7, 11) is 0. The third-order valence-electron chi connectivity index (χ3n) is 6.59. The van der Waals surface area contributed by atoms with Gasteiger partial charge >= 0.3 is 0 Å². The van der Waals surface area contributed by atoms with Crippen LogP contribution in [-0.2, 0) is 0 Å². The van der Waals surface area contributed by atoms with Crippen LogP contribution in [0.15, 0.2) is 41.1 Å². The van der Waals surface area contributed by atoms with Crippen molar-refractivity contribution >= 4 is 44.0 Å². The van der Waals surface area contributed by atoms with Gasteiger partial charge in [-0.25, -0.2) is 9.97 Å². The Morgan fingerprint density at radius 1 is 1.06 bits per heavy atom. The fourth-order valence-electron chi connectivity index (χ4n) is 4.64. The van der Waals surface area contributed by atoms with Gasteiger partial charge in [-0.15, -0.1) is 0 Å². The molecule has 162 valence electrons. The van der Waals surface area contributed by atoms with Crippen molar-refractivity contribution in [3.63, 3.8) is 0 Å². The first-order chi connectivity index (χ1) is 15.0. The quantitative estimate of drug-likeness (QED) is 0.429. The first kappa shape index (κ1) is 20.6. The van der Waals surface area contributed by atoms with E-state index in [0.29, 0.717) is 12.0 Å². The number of nitrogens with one attached hydrogen (secondary N) is 1. The molecule has 0 atom stereocenters. The van der Waals surface area contributed by atoms with Gasteiger partial charge in [0.05, 0.1) is 23.2 Å². The SMILES string of the molecule is CCCOc1cc(C)cc(Nc2ncnc3cc(Br)cc(N4CCC5(CC4)CC5)c23)c1. The van der Waals surface area contributed by atoms with Crippen LogP contribution in [0.5, 0.6) is 5.75 Å². The number of aryl methyl sites for hydroxylation is 1. The predicted octanol–water partition coefficient (Wildman–Crippen LogP) is 6.61. The summed E-state index contributed by atoms with van der Waals surface area (Å²) < 4.78 is 6.93. The highest BCUT2D eigenvalue weighted by molar-refractivity contribution is 9.10. The molecule has 1 aliphatic heterocycles. The zero-order valence-corrected chi connectivity index (χ0v) is 19.8. The third kappa shape index (κ3) is 4.36. The first-order valence-electron chi connectivity index (χ1n) is 11.3. The van der Waals surface area contributed by atoms with E-state index in [4.69, 9.17) is 4.74 Å². The number of hydrogen-bond acceptors (Lipinski definition) is 5. The second-order valence-electron chi connectivity index (χ2n) is 9.04. The highest BCUT2D eigenvalue weighted by atomic mass is 79.9. The molecule has 0 unspecified atom stereocenters. The number of piperidine rings is 1. The Hall–Kier alpha value is -2.34. The molecule has 0 amide bonds. The molecule has 1 saturated heterocycles. The molecule has 1 N–H and O–H groups in total. The van der Waals surface area contributed by atoms with Crippen LogP contribution in [0.2, 0.25) is 0 Å². The highest BCUT2D eigenvalue weighted by Crippen LogP contribution is 2.54. The number of halogens is 1. The Labute approximate surface area is 192 Å². The number of anilines is 3. The van der Waals surface area contributed by atoms with Crippen molar-refractivity contribution in [1.29, 1.82) is 0 Å². The average Bonchev–Trinajstić information content (AvgIpc) is 3.50. The molecule has 2 fully saturated rings. The molecule has 3 aromatic rings. The van der Waals surface area contributed by atoms with Crippen LogP contribution in [0.25, 0.3) is 10.9 Å². The lowest BCUT2D eigenvalue weighted by molar-refractivity contribution is 0.317. The van der Waals surface area contributed by atoms with E-state index in [1.165, 1.54) is 31.4 Å². The summed E-state index contributed by atoms with van der Waals surface area (Å²) in [5, 5.41) is 4.64. The summed E-state index contributed by atoms with van der Waals surface area (Å²) in [5.41, 5.74) is 4.94. The molecule has 1 spiro atoms. The standard InChI is InChI=1S/C25H29BrN4O/c1-3-10-31-20-12-17(2)11-19(15-20)29-24-23-21(27-16-28-24)13-18(26)14-22(23)30-8-6-25(4-5-25)7-9-30/h11-16H,3-10H2,1-2H3,(H,27,28,29). The first-order valence-corrected chi connectivity index (χ1v) is 12.1. The highest BCUT2D eigenvalue weighted by Gasteiger charge is 2.44. The molecule has 0 radical (unpaired) electrons. The van der Waals surface area contributed by atoms with Gasteiger partial charge in [-0.05, 0) is 74.3 Å². The summed E-state index contributed by atoms with van der Waals surface area (Å²) in [4.78, 5) is 11.7. The van der Waals surface area contributed by atoms with Crippen molar-refractivity contribution in [2.75, 3.05) is 29.9 Å². The van der Waals surface area contributed by atoms with Gasteiger partial charge in [0.2, 0.25) is 0 Å². The molecule has 5 nitrogen and oxygen atoms in total. The molecule has 2 heterocycles. The van der Waals surface area contributed by atoms with Gasteiger partial charge in [-0.3, -0.25) is 0 Å². The van der Waals surface area contributed by atoms with Crippen molar-refractivity contribution in [3.05, 3.63) is 46.7 Å². The number of ether oxygens (including phenoxy) is 1. The number of nitrogens with zero attached hydrogens (tertiary/aromatic N) is 3. The Morgan fingerprint density at radius 2 is 1.87 bits per heavy atom. The van der Waals surface area contributed by atoms with E-state index in [1.807, 2.05) is 6.07 Å². The van der Waals surface area contributed by atoms with Crippen molar-refractivity contribution in [1.82, 2.24) is 9.97 Å². The van der Waals surface area contributed by atoms with E-state index >= 15 is 0 Å². The van der Waals surface area contributed by atoms with Gasteiger partial charge in [0.15, 0.2) is 0 Å². The van der Waals surface area contributed by atoms with Gasteiger partial charge in [-0.1, -0.05) is 22.9 Å². The third-order valence-corrected chi connectivity index (χ3v) is 7.05. The summed E-state index contributed by atoms with van der Waals surface area (Å²) in [6.45, 7) is 7.12. The van der Waals surface area contributed by atoms with Crippen LogP contribution in [0.3, 0.4) is 0 Å². The second kappa shape index (κ2) is 8.30. The van der Waals surface area contributed by atoms with Crippen molar-refractivity contribution in [2.24, 2.45) is 5.41 Å². The molecule has 2 aliphatic rings. The van der Waals surface area contributed by atoms with Gasteiger partial charge < -0.3 is 15.0 Å². The van der Waals surface area contributed by atoms with Crippen LogP contribution >= 0.6 is 15.9 Å². The maximum Gasteiger partial charge on any atom is 0.143 e. The Morgan fingerprint density at radius 3 is 2.61 bits per heavy atom. The van der Waals surface area contributed by atoms with Gasteiger partial charge in [0.25, 0.3) is 0 Å². The normalized spacial score (nSPS) is 17.2. The molecule has 5 rings (SSSR count). The number of aromatic nitrogens is 2. The van der Waals surface area contributed by atoms with Crippen molar-refractivity contribution < 1.29 is 4.74 Å². The lowest BCUT2D eigenvalue weighted by Gasteiger charge is -2.34. The zero-order chi connectivity index (χ0) is 21.4. The number of benzene rings is 2. The minimum atomic E-state index is 0.645. The topological polar surface area (TPSA) is 50.3 Å². The van der Waals surface area contributed by atoms with Crippen molar-refractivity contribution in [2.45, 2.75) is 46.0 Å². The number of hydrogen-bond donors (Lipinski definition) is 1. The van der Waals surface area contributed by atoms with Gasteiger partial charge in [0.1, 0.15) is 17.9 Å². The molecular weight excluding hydrogens is 452 g/mol. The average molecular weight is 481 g/mol. The van der Waals surface area contributed by atoms with Gasteiger partial charge in [-0.2, -0.15) is 0 Å². The molecular formula is C25H29BrN4O. The van der Waals surface area contributed by atoms with E-state index in [1.54, 1.807) is 6.33 Å². The van der Waals surface area contributed by atoms with E-state index in [-0.39, 0.29) is 0 Å². The Kier molecular flexibility index (Phi) is 5.51. The second-order valence-corrected chi connectivity index (χ2v) is 9.95. The molecule has 0 bridgehead atoms. The molecule has 1 aliphatic carbocycles. The van der Waals surface area contributed by atoms with E-state index in [0.717, 1.165) is 57.7 Å². The molecule has 1 saturated carbocycles. The summed E-state index contributed by atoms with van der Waals surface area (Å²) >= 11 is 3.70. The molecule has 2 aromatic carbocycles. The number of fused-ring (bicyclic) bond motifs is 1. The van der Waals surface area contributed by atoms with Crippen LogP contribution in [-0.4, -0.2) is 29.7 Å². The van der Waals surface area contributed by atoms with Crippen LogP contribution < -0.4 is 15.0 Å². The van der Waals surface area contributed by atoms with Crippen LogP contribution in [0.4, 0.5) is 17.2 Å². The summed E-state index contributed by atoms with van der Waals surface area (Å²) in [6, 6.07) is 10.5. The monoisotopic (exact) mass is 480 g/mol. The summed E-state index contributed by atoms with van der Waals surface area (Å²) in [5.74, 6) is 1.72. The van der Waals surface area contributed by atoms with Crippen LogP contribution in [0.1, 0.15) is 44.6 Å². The predicted molar refractivity (Wildman–Crippen MR) is 131 cm³/mol. The van der Waals surface area contributed by atoms with E-state index < -0.39 is 0 Å². The number of rotatable bonds is 6.